The second-order valence-electron chi connectivity index (χ2n) is 5.95. The first-order chi connectivity index (χ1) is 12.2. The van der Waals surface area contributed by atoms with E-state index in [0.29, 0.717) is 11.5 Å². The van der Waals surface area contributed by atoms with Crippen molar-refractivity contribution in [1.29, 1.82) is 0 Å². The number of methoxy groups -OCH3 is 1. The molecule has 0 radical (unpaired) electrons. The number of hydrogen-bond acceptors (Lipinski definition) is 5. The normalized spacial score (nSPS) is 13.0. The number of nitrogens with zero attached hydrogens (tertiary/aromatic N) is 2. The Hall–Kier alpha value is -2.67. The third kappa shape index (κ3) is 2.80. The van der Waals surface area contributed by atoms with Gasteiger partial charge in [0.2, 0.25) is 0 Å². The second kappa shape index (κ2) is 6.33. The van der Waals surface area contributed by atoms with Crippen LogP contribution >= 0.6 is 11.3 Å². The van der Waals surface area contributed by atoms with E-state index in [-0.39, 0.29) is 11.1 Å². The monoisotopic (exact) mass is 355 g/mol. The predicted octanol–water partition coefficient (Wildman–Crippen LogP) is 2.18. The van der Waals surface area contributed by atoms with Gasteiger partial charge in [-0.15, -0.1) is 11.3 Å². The van der Waals surface area contributed by atoms with Gasteiger partial charge in [-0.1, -0.05) is 12.1 Å². The molecule has 1 aliphatic rings. The van der Waals surface area contributed by atoms with Crippen LogP contribution in [0.25, 0.3) is 4.96 Å². The maximum Gasteiger partial charge on any atom is 0.271 e. The summed E-state index contributed by atoms with van der Waals surface area (Å²) >= 11 is 1.54. The molecule has 3 aromatic rings. The van der Waals surface area contributed by atoms with Gasteiger partial charge in [0.25, 0.3) is 11.5 Å². The number of carbonyl (C=O) groups is 1. The first-order valence-electron chi connectivity index (χ1n) is 8.11. The molecule has 0 aliphatic heterocycles. The van der Waals surface area contributed by atoms with Crippen molar-refractivity contribution in [2.75, 3.05) is 7.11 Å². The molecule has 128 valence electrons. The molecule has 0 spiro atoms. The molecule has 1 N–H and O–H groups in total. The Morgan fingerprint density at radius 3 is 3.12 bits per heavy atom. The van der Waals surface area contributed by atoms with E-state index in [9.17, 15) is 9.59 Å². The Labute approximate surface area is 148 Å². The first kappa shape index (κ1) is 15.8. The number of thiazole rings is 1. The minimum absolute atomic E-state index is 0.0768. The standard InChI is InChI=1S/C18H17N3O3S/c1-24-12-5-2-4-11(8-12)9-19-16(22)13-10-20-18-21(17(13)23)14-6-3-7-15(14)25-18/h2,4-5,8,10H,3,6-7,9H2,1H3,(H,19,22). The summed E-state index contributed by atoms with van der Waals surface area (Å²) in [5, 5.41) is 2.79. The van der Waals surface area contributed by atoms with E-state index in [2.05, 4.69) is 10.3 Å². The second-order valence-corrected chi connectivity index (χ2v) is 7.02. The van der Waals surface area contributed by atoms with Crippen LogP contribution in [0.3, 0.4) is 0 Å². The van der Waals surface area contributed by atoms with Crippen LogP contribution < -0.4 is 15.6 Å². The third-order valence-corrected chi connectivity index (χ3v) is 5.54. The van der Waals surface area contributed by atoms with Crippen molar-refractivity contribution in [3.05, 3.63) is 62.5 Å². The Bertz CT molecular complexity index is 1020. The van der Waals surface area contributed by atoms with Crippen molar-refractivity contribution in [2.24, 2.45) is 0 Å². The fourth-order valence-electron chi connectivity index (χ4n) is 3.12. The van der Waals surface area contributed by atoms with Gasteiger partial charge in [-0.25, -0.2) is 4.98 Å². The zero-order chi connectivity index (χ0) is 17.4. The van der Waals surface area contributed by atoms with Crippen LogP contribution in [0, 0.1) is 0 Å². The highest BCUT2D eigenvalue weighted by Gasteiger charge is 2.22. The Balaban J connectivity index is 1.60. The highest BCUT2D eigenvalue weighted by atomic mass is 32.1. The molecule has 2 aromatic heterocycles. The highest BCUT2D eigenvalue weighted by molar-refractivity contribution is 7.17. The topological polar surface area (TPSA) is 72.7 Å². The number of hydrogen-bond donors (Lipinski definition) is 1. The van der Waals surface area contributed by atoms with E-state index in [1.54, 1.807) is 22.8 Å². The van der Waals surface area contributed by atoms with Crippen LogP contribution in [-0.2, 0) is 19.4 Å². The van der Waals surface area contributed by atoms with Gasteiger partial charge in [0.15, 0.2) is 4.96 Å². The Morgan fingerprint density at radius 1 is 1.40 bits per heavy atom. The molecule has 1 amide bonds. The summed E-state index contributed by atoms with van der Waals surface area (Å²) in [4.78, 5) is 31.4. The fraction of sp³-hybridized carbons (Fsp3) is 0.278. The van der Waals surface area contributed by atoms with Crippen molar-refractivity contribution in [3.8, 4) is 5.75 Å². The van der Waals surface area contributed by atoms with Gasteiger partial charge in [-0.05, 0) is 37.0 Å². The lowest BCUT2D eigenvalue weighted by molar-refractivity contribution is 0.0949. The van der Waals surface area contributed by atoms with E-state index in [0.717, 1.165) is 36.3 Å². The minimum atomic E-state index is -0.410. The average Bonchev–Trinajstić information content (AvgIpc) is 3.21. The lowest BCUT2D eigenvalue weighted by atomic mass is 10.2. The Morgan fingerprint density at radius 2 is 2.28 bits per heavy atom. The van der Waals surface area contributed by atoms with E-state index < -0.39 is 5.91 Å². The molecular weight excluding hydrogens is 338 g/mol. The van der Waals surface area contributed by atoms with Crippen LogP contribution in [-0.4, -0.2) is 22.4 Å². The van der Waals surface area contributed by atoms with Crippen LogP contribution in [0.2, 0.25) is 0 Å². The number of carbonyl (C=O) groups excluding carboxylic acids is 1. The lowest BCUT2D eigenvalue weighted by Gasteiger charge is -2.07. The van der Waals surface area contributed by atoms with Crippen molar-refractivity contribution in [2.45, 2.75) is 25.8 Å². The number of aryl methyl sites for hydroxylation is 2. The summed E-state index contributed by atoms with van der Waals surface area (Å²) in [5.74, 6) is 0.316. The van der Waals surface area contributed by atoms with E-state index >= 15 is 0 Å². The SMILES string of the molecule is COc1cccc(CNC(=O)c2cnc3sc4c(n3c2=O)CCC4)c1. The predicted molar refractivity (Wildman–Crippen MR) is 95.5 cm³/mol. The molecule has 0 saturated carbocycles. The molecule has 4 rings (SSSR count). The van der Waals surface area contributed by atoms with Crippen LogP contribution in [0.4, 0.5) is 0 Å². The van der Waals surface area contributed by atoms with Crippen LogP contribution in [0.5, 0.6) is 5.75 Å². The smallest absolute Gasteiger partial charge is 0.271 e. The summed E-state index contributed by atoms with van der Waals surface area (Å²) in [6.07, 6.45) is 4.28. The average molecular weight is 355 g/mol. The van der Waals surface area contributed by atoms with E-state index in [1.807, 2.05) is 24.3 Å². The molecule has 2 heterocycles. The van der Waals surface area contributed by atoms with Crippen molar-refractivity contribution in [1.82, 2.24) is 14.7 Å². The molecule has 0 fully saturated rings. The fourth-order valence-corrected chi connectivity index (χ4v) is 4.29. The molecule has 0 unspecified atom stereocenters. The van der Waals surface area contributed by atoms with Crippen molar-refractivity contribution >= 4 is 22.2 Å². The molecular formula is C18H17N3O3S. The van der Waals surface area contributed by atoms with Gasteiger partial charge >= 0.3 is 0 Å². The third-order valence-electron chi connectivity index (χ3n) is 4.38. The molecule has 0 bridgehead atoms. The molecule has 7 heteroatoms. The number of ether oxygens (including phenoxy) is 1. The number of amides is 1. The van der Waals surface area contributed by atoms with E-state index in [4.69, 9.17) is 4.74 Å². The quantitative estimate of drug-likeness (QED) is 0.779. The van der Waals surface area contributed by atoms with Gasteiger partial charge in [0.1, 0.15) is 11.3 Å². The minimum Gasteiger partial charge on any atom is -0.497 e. The van der Waals surface area contributed by atoms with Crippen molar-refractivity contribution < 1.29 is 9.53 Å². The number of rotatable bonds is 4. The highest BCUT2D eigenvalue weighted by Crippen LogP contribution is 2.28. The number of aromatic nitrogens is 2. The number of fused-ring (bicyclic) bond motifs is 3. The molecule has 0 atom stereocenters. The summed E-state index contributed by atoms with van der Waals surface area (Å²) in [7, 11) is 1.60. The van der Waals surface area contributed by atoms with Gasteiger partial charge in [-0.2, -0.15) is 0 Å². The van der Waals surface area contributed by atoms with Crippen LogP contribution in [0.15, 0.2) is 35.3 Å². The van der Waals surface area contributed by atoms with Gasteiger partial charge in [-0.3, -0.25) is 14.0 Å². The largest absolute Gasteiger partial charge is 0.497 e. The van der Waals surface area contributed by atoms with E-state index in [1.165, 1.54) is 11.1 Å². The molecule has 25 heavy (non-hydrogen) atoms. The molecule has 1 aliphatic carbocycles. The van der Waals surface area contributed by atoms with Gasteiger partial charge in [0, 0.05) is 23.3 Å². The lowest BCUT2D eigenvalue weighted by Crippen LogP contribution is -2.31. The van der Waals surface area contributed by atoms with Crippen LogP contribution in [0.1, 0.15) is 32.9 Å². The molecule has 0 saturated heterocycles. The molecule has 1 aromatic carbocycles. The zero-order valence-electron chi connectivity index (χ0n) is 13.7. The van der Waals surface area contributed by atoms with Crippen molar-refractivity contribution in [3.63, 3.8) is 0 Å². The van der Waals surface area contributed by atoms with Gasteiger partial charge in [0.05, 0.1) is 7.11 Å². The number of nitrogens with one attached hydrogen (secondary N) is 1. The Kier molecular flexibility index (Phi) is 4.01. The first-order valence-corrected chi connectivity index (χ1v) is 8.92. The maximum atomic E-state index is 12.8. The summed E-state index contributed by atoms with van der Waals surface area (Å²) in [5.41, 5.74) is 1.71. The molecule has 6 nitrogen and oxygen atoms in total. The zero-order valence-corrected chi connectivity index (χ0v) is 14.6. The summed E-state index contributed by atoms with van der Waals surface area (Å²) < 4.78 is 6.78. The summed E-state index contributed by atoms with van der Waals surface area (Å²) in [6.45, 7) is 0.319. The summed E-state index contributed by atoms with van der Waals surface area (Å²) in [6, 6.07) is 7.44. The maximum absolute atomic E-state index is 12.8. The number of benzene rings is 1. The van der Waals surface area contributed by atoms with Gasteiger partial charge < -0.3 is 10.1 Å².